The molecule has 3 atom stereocenters. The number of halogens is 1. The minimum atomic E-state index is 0.434. The fourth-order valence-electron chi connectivity index (χ4n) is 3.01. The summed E-state index contributed by atoms with van der Waals surface area (Å²) in [6.45, 7) is 2.33. The molecule has 2 aliphatic rings. The van der Waals surface area contributed by atoms with Crippen molar-refractivity contribution < 1.29 is 0 Å². The van der Waals surface area contributed by atoms with Crippen molar-refractivity contribution in [3.8, 4) is 0 Å². The first-order valence-electron chi connectivity index (χ1n) is 5.84. The van der Waals surface area contributed by atoms with Crippen LogP contribution in [0.15, 0.2) is 9.98 Å². The van der Waals surface area contributed by atoms with Gasteiger partial charge in [-0.05, 0) is 47.0 Å². The molecule has 0 amide bonds. The van der Waals surface area contributed by atoms with Crippen molar-refractivity contribution in [1.82, 2.24) is 4.98 Å². The predicted octanol–water partition coefficient (Wildman–Crippen LogP) is 2.47. The van der Waals surface area contributed by atoms with Gasteiger partial charge < -0.3 is 10.6 Å². The molecule has 88 valence electrons. The monoisotopic (exact) mass is 301 g/mol. The SMILES string of the molecule is NC1CC[C@@H]2CN(c3nc(Br)cs3)C[C@@H]2C1. The van der Waals surface area contributed by atoms with Gasteiger partial charge in [0.15, 0.2) is 5.13 Å². The molecule has 16 heavy (non-hydrogen) atoms. The molecule has 0 bridgehead atoms. The average molecular weight is 302 g/mol. The van der Waals surface area contributed by atoms with Gasteiger partial charge in [0.25, 0.3) is 0 Å². The summed E-state index contributed by atoms with van der Waals surface area (Å²) in [5, 5.41) is 3.22. The predicted molar refractivity (Wildman–Crippen MR) is 70.8 cm³/mol. The number of nitrogens with two attached hydrogens (primary N) is 1. The smallest absolute Gasteiger partial charge is 0.186 e. The summed E-state index contributed by atoms with van der Waals surface area (Å²) in [6.07, 6.45) is 3.71. The van der Waals surface area contributed by atoms with Crippen molar-refractivity contribution in [2.24, 2.45) is 17.6 Å². The topological polar surface area (TPSA) is 42.1 Å². The molecule has 0 spiro atoms. The van der Waals surface area contributed by atoms with Gasteiger partial charge in [0, 0.05) is 24.5 Å². The van der Waals surface area contributed by atoms with Crippen LogP contribution in [0.3, 0.4) is 0 Å². The molecule has 1 aliphatic carbocycles. The third-order valence-corrected chi connectivity index (χ3v) is 5.44. The van der Waals surface area contributed by atoms with E-state index in [0.29, 0.717) is 6.04 Å². The van der Waals surface area contributed by atoms with Gasteiger partial charge in [-0.3, -0.25) is 0 Å². The standard InChI is InChI=1S/C11H16BrN3S/c12-10-6-16-11(14-10)15-4-7-1-2-9(13)3-8(7)5-15/h6-9H,1-5,13H2/t7-,8+,9?/m1/s1. The zero-order chi connectivity index (χ0) is 11.1. The van der Waals surface area contributed by atoms with Gasteiger partial charge in [-0.25, -0.2) is 4.98 Å². The number of hydrogen-bond donors (Lipinski definition) is 1. The molecule has 1 saturated heterocycles. The number of aromatic nitrogens is 1. The molecule has 1 aromatic heterocycles. The second-order valence-corrected chi connectivity index (χ2v) is 6.60. The lowest BCUT2D eigenvalue weighted by Gasteiger charge is -2.27. The van der Waals surface area contributed by atoms with Crippen molar-refractivity contribution in [2.45, 2.75) is 25.3 Å². The molecule has 2 heterocycles. The van der Waals surface area contributed by atoms with E-state index in [2.05, 4.69) is 31.2 Å². The molecule has 0 aromatic carbocycles. The van der Waals surface area contributed by atoms with Crippen LogP contribution in [0, 0.1) is 11.8 Å². The summed E-state index contributed by atoms with van der Waals surface area (Å²) >= 11 is 5.15. The fourth-order valence-corrected chi connectivity index (χ4v) is 4.28. The van der Waals surface area contributed by atoms with Crippen LogP contribution in [0.25, 0.3) is 0 Å². The van der Waals surface area contributed by atoms with Crippen molar-refractivity contribution in [3.63, 3.8) is 0 Å². The first-order chi connectivity index (χ1) is 7.72. The molecular formula is C11H16BrN3S. The summed E-state index contributed by atoms with van der Waals surface area (Å²) in [7, 11) is 0. The zero-order valence-corrected chi connectivity index (χ0v) is 11.5. The fraction of sp³-hybridized carbons (Fsp3) is 0.727. The lowest BCUT2D eigenvalue weighted by molar-refractivity contribution is 0.271. The van der Waals surface area contributed by atoms with E-state index in [9.17, 15) is 0 Å². The number of anilines is 1. The third kappa shape index (κ3) is 2.00. The average Bonchev–Trinajstić information content (AvgIpc) is 2.83. The highest BCUT2D eigenvalue weighted by molar-refractivity contribution is 9.10. The van der Waals surface area contributed by atoms with Gasteiger partial charge in [0.2, 0.25) is 0 Å². The molecule has 5 heteroatoms. The Morgan fingerprint density at radius 1 is 1.38 bits per heavy atom. The first-order valence-corrected chi connectivity index (χ1v) is 7.51. The van der Waals surface area contributed by atoms with Gasteiger partial charge in [-0.2, -0.15) is 0 Å². The maximum atomic E-state index is 6.04. The number of thiazole rings is 1. The van der Waals surface area contributed by atoms with Gasteiger partial charge >= 0.3 is 0 Å². The van der Waals surface area contributed by atoms with Gasteiger partial charge in [0.05, 0.1) is 0 Å². The molecular weight excluding hydrogens is 286 g/mol. The second-order valence-electron chi connectivity index (χ2n) is 4.95. The van der Waals surface area contributed by atoms with Crippen molar-refractivity contribution in [2.75, 3.05) is 18.0 Å². The lowest BCUT2D eigenvalue weighted by atomic mass is 9.79. The molecule has 3 rings (SSSR count). The molecule has 0 radical (unpaired) electrons. The van der Waals surface area contributed by atoms with E-state index in [1.54, 1.807) is 11.3 Å². The van der Waals surface area contributed by atoms with E-state index >= 15 is 0 Å². The molecule has 3 nitrogen and oxygen atoms in total. The van der Waals surface area contributed by atoms with E-state index in [1.165, 1.54) is 25.8 Å². The summed E-state index contributed by atoms with van der Waals surface area (Å²) in [5.74, 6) is 1.65. The number of rotatable bonds is 1. The molecule has 1 unspecified atom stereocenters. The Balaban J connectivity index is 1.72. The minimum absolute atomic E-state index is 0.434. The summed E-state index contributed by atoms with van der Waals surface area (Å²) in [6, 6.07) is 0.434. The largest absolute Gasteiger partial charge is 0.347 e. The Labute approximate surface area is 108 Å². The van der Waals surface area contributed by atoms with Gasteiger partial charge in [-0.15, -0.1) is 11.3 Å². The van der Waals surface area contributed by atoms with Gasteiger partial charge in [-0.1, -0.05) is 0 Å². The highest BCUT2D eigenvalue weighted by Crippen LogP contribution is 2.38. The van der Waals surface area contributed by atoms with E-state index in [4.69, 9.17) is 5.73 Å². The first kappa shape index (κ1) is 11.0. The maximum Gasteiger partial charge on any atom is 0.186 e. The van der Waals surface area contributed by atoms with Crippen LogP contribution < -0.4 is 10.6 Å². The number of fused-ring (bicyclic) bond motifs is 1. The summed E-state index contributed by atoms with van der Waals surface area (Å²) in [5.41, 5.74) is 6.04. The molecule has 2 N–H and O–H groups in total. The molecule has 2 fully saturated rings. The Morgan fingerprint density at radius 2 is 2.19 bits per heavy atom. The van der Waals surface area contributed by atoms with E-state index in [0.717, 1.165) is 28.1 Å². The quantitative estimate of drug-likeness (QED) is 0.866. The maximum absolute atomic E-state index is 6.04. The Hall–Kier alpha value is -0.130. The Bertz CT molecular complexity index is 381. The molecule has 1 aliphatic heterocycles. The normalized spacial score (nSPS) is 34.1. The van der Waals surface area contributed by atoms with Crippen LogP contribution in [0.4, 0.5) is 5.13 Å². The van der Waals surface area contributed by atoms with Crippen LogP contribution in [0.5, 0.6) is 0 Å². The van der Waals surface area contributed by atoms with Crippen molar-refractivity contribution >= 4 is 32.4 Å². The van der Waals surface area contributed by atoms with Crippen LogP contribution in [-0.4, -0.2) is 24.1 Å². The van der Waals surface area contributed by atoms with E-state index in [-0.39, 0.29) is 0 Å². The zero-order valence-electron chi connectivity index (χ0n) is 9.10. The van der Waals surface area contributed by atoms with Crippen LogP contribution >= 0.6 is 27.3 Å². The number of hydrogen-bond acceptors (Lipinski definition) is 4. The van der Waals surface area contributed by atoms with E-state index < -0.39 is 0 Å². The summed E-state index contributed by atoms with van der Waals surface area (Å²) < 4.78 is 0.957. The summed E-state index contributed by atoms with van der Waals surface area (Å²) in [4.78, 5) is 6.93. The van der Waals surface area contributed by atoms with Crippen molar-refractivity contribution in [3.05, 3.63) is 9.98 Å². The van der Waals surface area contributed by atoms with Crippen LogP contribution in [0.1, 0.15) is 19.3 Å². The number of nitrogens with zero attached hydrogens (tertiary/aromatic N) is 2. The lowest BCUT2D eigenvalue weighted by Crippen LogP contribution is -2.32. The molecule has 1 aromatic rings. The molecule has 1 saturated carbocycles. The highest BCUT2D eigenvalue weighted by atomic mass is 79.9. The van der Waals surface area contributed by atoms with Crippen molar-refractivity contribution in [1.29, 1.82) is 0 Å². The Kier molecular flexibility index (Phi) is 2.94. The second kappa shape index (κ2) is 4.27. The van der Waals surface area contributed by atoms with Crippen LogP contribution in [-0.2, 0) is 0 Å². The van der Waals surface area contributed by atoms with Gasteiger partial charge in [0.1, 0.15) is 4.60 Å². The third-order valence-electron chi connectivity index (χ3n) is 3.82. The van der Waals surface area contributed by atoms with E-state index in [1.807, 2.05) is 0 Å². The minimum Gasteiger partial charge on any atom is -0.347 e. The Morgan fingerprint density at radius 3 is 2.94 bits per heavy atom. The van der Waals surface area contributed by atoms with Crippen LogP contribution in [0.2, 0.25) is 0 Å². The highest BCUT2D eigenvalue weighted by Gasteiger charge is 2.37.